The van der Waals surface area contributed by atoms with E-state index in [2.05, 4.69) is 15.1 Å². The summed E-state index contributed by atoms with van der Waals surface area (Å²) in [6.45, 7) is 0. The van der Waals surface area contributed by atoms with Crippen LogP contribution in [0.1, 0.15) is 10.4 Å². The quantitative estimate of drug-likeness (QED) is 0.668. The molecule has 0 saturated heterocycles. The molecule has 0 unspecified atom stereocenters. The van der Waals surface area contributed by atoms with Crippen molar-refractivity contribution in [3.05, 3.63) is 42.0 Å². The Morgan fingerprint density at radius 2 is 1.96 bits per heavy atom. The van der Waals surface area contributed by atoms with Gasteiger partial charge in [-0.1, -0.05) is 30.3 Å². The van der Waals surface area contributed by atoms with E-state index in [-0.39, 0.29) is 11.4 Å². The maximum Gasteiger partial charge on any atom is 0.255 e. The van der Waals surface area contributed by atoms with Gasteiger partial charge in [0.2, 0.25) is 5.88 Å². The van der Waals surface area contributed by atoms with Crippen LogP contribution in [-0.4, -0.2) is 39.0 Å². The maximum atomic E-state index is 11.7. The molecule has 1 aromatic carbocycles. The van der Waals surface area contributed by atoms with Gasteiger partial charge in [-0.3, -0.25) is 4.79 Å². The number of hydrogen-bond donors (Lipinski definition) is 2. The van der Waals surface area contributed by atoms with Crippen LogP contribution in [0.15, 0.2) is 41.4 Å². The summed E-state index contributed by atoms with van der Waals surface area (Å²) in [5, 5.41) is 4.77. The number of primary amides is 1. The van der Waals surface area contributed by atoms with Gasteiger partial charge in [-0.05, 0) is 6.26 Å². The SMILES string of the molecule is COc1cc(-n2nc(SC)c(C(N)=O)c2N)nc(-c2ccccc2)n1. The van der Waals surface area contributed by atoms with Crippen molar-refractivity contribution in [2.24, 2.45) is 5.73 Å². The number of carbonyl (C=O) groups excluding carboxylic acids is 1. The number of thioether (sulfide) groups is 1. The number of methoxy groups -OCH3 is 1. The van der Waals surface area contributed by atoms with Crippen molar-refractivity contribution in [3.8, 4) is 23.1 Å². The fraction of sp³-hybridized carbons (Fsp3) is 0.125. The summed E-state index contributed by atoms with van der Waals surface area (Å²) < 4.78 is 6.62. The molecule has 25 heavy (non-hydrogen) atoms. The van der Waals surface area contributed by atoms with Gasteiger partial charge in [0.1, 0.15) is 16.4 Å². The highest BCUT2D eigenvalue weighted by molar-refractivity contribution is 7.98. The molecule has 0 aliphatic heterocycles. The number of carbonyl (C=O) groups is 1. The van der Waals surface area contributed by atoms with Crippen LogP contribution in [0.3, 0.4) is 0 Å². The number of nitrogen functional groups attached to an aromatic ring is 1. The molecule has 0 aliphatic rings. The molecular weight excluding hydrogens is 340 g/mol. The smallest absolute Gasteiger partial charge is 0.255 e. The molecule has 9 heteroatoms. The Kier molecular flexibility index (Phi) is 4.57. The van der Waals surface area contributed by atoms with E-state index in [1.807, 2.05) is 30.3 Å². The molecule has 2 heterocycles. The van der Waals surface area contributed by atoms with Crippen LogP contribution in [0.2, 0.25) is 0 Å². The summed E-state index contributed by atoms with van der Waals surface area (Å²) in [5.41, 5.74) is 12.5. The zero-order valence-corrected chi connectivity index (χ0v) is 14.4. The Morgan fingerprint density at radius 1 is 1.24 bits per heavy atom. The average molecular weight is 356 g/mol. The topological polar surface area (TPSA) is 122 Å². The molecule has 2 aromatic heterocycles. The first-order valence-electron chi connectivity index (χ1n) is 7.26. The minimum absolute atomic E-state index is 0.122. The molecule has 1 amide bonds. The number of ether oxygens (including phenoxy) is 1. The average Bonchev–Trinajstić information content (AvgIpc) is 2.98. The van der Waals surface area contributed by atoms with Crippen LogP contribution >= 0.6 is 11.8 Å². The normalized spacial score (nSPS) is 10.6. The van der Waals surface area contributed by atoms with E-state index in [0.717, 1.165) is 5.56 Å². The summed E-state index contributed by atoms with van der Waals surface area (Å²) >= 11 is 1.28. The van der Waals surface area contributed by atoms with E-state index < -0.39 is 5.91 Å². The summed E-state index contributed by atoms with van der Waals surface area (Å²) in [5.74, 6) is 0.668. The lowest BCUT2D eigenvalue weighted by Gasteiger charge is -2.08. The van der Waals surface area contributed by atoms with Crippen molar-refractivity contribution in [2.75, 3.05) is 19.1 Å². The Bertz CT molecular complexity index is 926. The Labute approximate surface area is 148 Å². The van der Waals surface area contributed by atoms with Gasteiger partial charge in [0.15, 0.2) is 11.6 Å². The first kappa shape index (κ1) is 16.8. The van der Waals surface area contributed by atoms with Crippen LogP contribution in [0.5, 0.6) is 5.88 Å². The van der Waals surface area contributed by atoms with Gasteiger partial charge in [0, 0.05) is 11.6 Å². The number of hydrogen-bond acceptors (Lipinski definition) is 7. The number of nitrogens with two attached hydrogens (primary N) is 2. The van der Waals surface area contributed by atoms with E-state index in [4.69, 9.17) is 16.2 Å². The van der Waals surface area contributed by atoms with Crippen molar-refractivity contribution in [2.45, 2.75) is 5.03 Å². The number of amides is 1. The number of rotatable bonds is 5. The predicted octanol–water partition coefficient (Wildman–Crippen LogP) is 1.74. The second-order valence-electron chi connectivity index (χ2n) is 5.00. The van der Waals surface area contributed by atoms with Gasteiger partial charge in [-0.25, -0.2) is 4.98 Å². The standard InChI is InChI=1S/C16H16N6O2S/c1-24-11-8-10(19-15(20-11)9-6-4-3-5-7-9)22-13(17)12(14(18)23)16(21-22)25-2/h3-8H,17H2,1-2H3,(H2,18,23). The molecule has 3 rings (SSSR count). The molecule has 0 saturated carbocycles. The first-order chi connectivity index (χ1) is 12.0. The summed E-state index contributed by atoms with van der Waals surface area (Å²) in [4.78, 5) is 20.5. The van der Waals surface area contributed by atoms with E-state index in [1.165, 1.54) is 23.6 Å². The van der Waals surface area contributed by atoms with E-state index in [0.29, 0.717) is 22.5 Å². The highest BCUT2D eigenvalue weighted by atomic mass is 32.2. The molecule has 4 N–H and O–H groups in total. The van der Waals surface area contributed by atoms with Crippen molar-refractivity contribution >= 4 is 23.5 Å². The third kappa shape index (κ3) is 3.13. The third-order valence-corrected chi connectivity index (χ3v) is 4.15. The number of aromatic nitrogens is 4. The predicted molar refractivity (Wildman–Crippen MR) is 95.9 cm³/mol. The minimum atomic E-state index is -0.641. The molecule has 0 atom stereocenters. The van der Waals surface area contributed by atoms with Crippen molar-refractivity contribution in [1.82, 2.24) is 19.7 Å². The molecule has 8 nitrogen and oxygen atoms in total. The highest BCUT2D eigenvalue weighted by Crippen LogP contribution is 2.28. The van der Waals surface area contributed by atoms with Gasteiger partial charge in [0.25, 0.3) is 5.91 Å². The molecule has 128 valence electrons. The molecule has 0 radical (unpaired) electrons. The minimum Gasteiger partial charge on any atom is -0.481 e. The zero-order valence-electron chi connectivity index (χ0n) is 13.6. The molecule has 3 aromatic rings. The van der Waals surface area contributed by atoms with Gasteiger partial charge in [-0.15, -0.1) is 11.8 Å². The zero-order chi connectivity index (χ0) is 18.0. The number of anilines is 1. The second kappa shape index (κ2) is 6.81. The third-order valence-electron chi connectivity index (χ3n) is 3.48. The van der Waals surface area contributed by atoms with Crippen LogP contribution < -0.4 is 16.2 Å². The largest absolute Gasteiger partial charge is 0.481 e. The lowest BCUT2D eigenvalue weighted by atomic mass is 10.2. The highest BCUT2D eigenvalue weighted by Gasteiger charge is 2.22. The maximum absolute atomic E-state index is 11.7. The second-order valence-corrected chi connectivity index (χ2v) is 5.80. The van der Waals surface area contributed by atoms with Gasteiger partial charge in [-0.2, -0.15) is 14.8 Å². The Balaban J connectivity index is 2.20. The summed E-state index contributed by atoms with van der Waals surface area (Å²) in [7, 11) is 1.51. The van der Waals surface area contributed by atoms with Gasteiger partial charge in [0.05, 0.1) is 7.11 Å². The van der Waals surface area contributed by atoms with Crippen LogP contribution in [0, 0.1) is 0 Å². The van der Waals surface area contributed by atoms with Gasteiger partial charge < -0.3 is 16.2 Å². The molecule has 0 bridgehead atoms. The van der Waals surface area contributed by atoms with Crippen molar-refractivity contribution in [1.29, 1.82) is 0 Å². The fourth-order valence-electron chi connectivity index (χ4n) is 2.30. The van der Waals surface area contributed by atoms with E-state index in [1.54, 1.807) is 12.3 Å². The Morgan fingerprint density at radius 3 is 2.52 bits per heavy atom. The fourth-order valence-corrected chi connectivity index (χ4v) is 2.87. The lowest BCUT2D eigenvalue weighted by molar-refractivity contribution is 0.0998. The molecule has 0 spiro atoms. The Hall–Kier alpha value is -3.07. The monoisotopic (exact) mass is 356 g/mol. The van der Waals surface area contributed by atoms with Crippen molar-refractivity contribution in [3.63, 3.8) is 0 Å². The van der Waals surface area contributed by atoms with E-state index in [9.17, 15) is 4.79 Å². The summed E-state index contributed by atoms with van der Waals surface area (Å²) in [6, 6.07) is 11.0. The molecular formula is C16H16N6O2S. The van der Waals surface area contributed by atoms with Gasteiger partial charge >= 0.3 is 0 Å². The van der Waals surface area contributed by atoms with Crippen LogP contribution in [-0.2, 0) is 0 Å². The summed E-state index contributed by atoms with van der Waals surface area (Å²) in [6.07, 6.45) is 1.79. The molecule has 0 fully saturated rings. The van der Waals surface area contributed by atoms with Crippen LogP contribution in [0.25, 0.3) is 17.2 Å². The number of nitrogens with zero attached hydrogens (tertiary/aromatic N) is 4. The van der Waals surface area contributed by atoms with Crippen molar-refractivity contribution < 1.29 is 9.53 Å². The molecule has 0 aliphatic carbocycles. The van der Waals surface area contributed by atoms with E-state index >= 15 is 0 Å². The number of benzene rings is 1. The lowest BCUT2D eigenvalue weighted by Crippen LogP contribution is -2.14. The van der Waals surface area contributed by atoms with Crippen LogP contribution in [0.4, 0.5) is 5.82 Å². The first-order valence-corrected chi connectivity index (χ1v) is 8.48.